The Morgan fingerprint density at radius 1 is 0.656 bits per heavy atom. The van der Waals surface area contributed by atoms with Crippen molar-refractivity contribution in [3.63, 3.8) is 0 Å². The number of carbonyl (C=O) groups excluding carboxylic acids is 4. The van der Waals surface area contributed by atoms with E-state index in [1.165, 1.54) is 0 Å². The predicted octanol–water partition coefficient (Wildman–Crippen LogP) is 1.79. The number of carboxylic acid groups (broad SMARTS) is 1. The summed E-state index contributed by atoms with van der Waals surface area (Å²) in [5, 5.41) is 28.6. The Hall–Kier alpha value is -4.61. The Balaban J connectivity index is 2.58. The van der Waals surface area contributed by atoms with Gasteiger partial charge in [0, 0.05) is 20.8 Å². The zero-order valence-electron chi connectivity index (χ0n) is 16.8. The van der Waals surface area contributed by atoms with E-state index in [1.54, 1.807) is 0 Å². The zero-order chi connectivity index (χ0) is 24.2. The molecule has 0 aliphatic carbocycles. The van der Waals surface area contributed by atoms with Crippen LogP contribution in [-0.4, -0.2) is 45.2 Å². The van der Waals surface area contributed by atoms with Crippen LogP contribution in [0.15, 0.2) is 24.3 Å². The third kappa shape index (κ3) is 5.72. The molecule has 12 nitrogen and oxygen atoms in total. The smallest absolute Gasteiger partial charge is 0.343 e. The summed E-state index contributed by atoms with van der Waals surface area (Å²) in [7, 11) is 0. The molecule has 3 N–H and O–H groups in total. The van der Waals surface area contributed by atoms with E-state index in [0.717, 1.165) is 45.0 Å². The second-order valence-corrected chi connectivity index (χ2v) is 6.12. The standard InChI is InChI=1S/C20H16O12/c1-8(21)29-15-6-12(7-16(30-9(2)22)18(15)31-10(3)23)20(28)32-14-5-11(19(26)27)4-13(24)17(14)25/h4-7,24-25H,1-3H3,(H,26,27). The molecule has 12 heteroatoms. The normalized spacial score (nSPS) is 10.1. The lowest BCUT2D eigenvalue weighted by Crippen LogP contribution is -2.14. The maximum Gasteiger partial charge on any atom is 0.343 e. The quantitative estimate of drug-likeness (QED) is 0.331. The minimum absolute atomic E-state index is 0.409. The maximum atomic E-state index is 12.6. The van der Waals surface area contributed by atoms with E-state index in [1.807, 2.05) is 0 Å². The molecule has 0 atom stereocenters. The van der Waals surface area contributed by atoms with Crippen molar-refractivity contribution >= 4 is 29.8 Å². The van der Waals surface area contributed by atoms with E-state index in [0.29, 0.717) is 0 Å². The number of phenols is 2. The number of esters is 4. The Bertz CT molecular complexity index is 1090. The highest BCUT2D eigenvalue weighted by atomic mass is 16.6. The van der Waals surface area contributed by atoms with E-state index in [2.05, 4.69) is 0 Å². The number of aromatic hydroxyl groups is 2. The molecule has 32 heavy (non-hydrogen) atoms. The molecule has 0 aliphatic heterocycles. The molecule has 0 heterocycles. The highest BCUT2D eigenvalue weighted by Crippen LogP contribution is 2.41. The molecule has 0 aliphatic rings. The molecular weight excluding hydrogens is 432 g/mol. The molecule has 0 saturated heterocycles. The first-order valence-corrected chi connectivity index (χ1v) is 8.63. The van der Waals surface area contributed by atoms with Crippen molar-refractivity contribution in [1.29, 1.82) is 0 Å². The molecule has 0 unspecified atom stereocenters. The molecule has 168 valence electrons. The molecule has 0 bridgehead atoms. The molecule has 0 aromatic heterocycles. The lowest BCUT2D eigenvalue weighted by atomic mass is 10.1. The first-order valence-electron chi connectivity index (χ1n) is 8.63. The van der Waals surface area contributed by atoms with Crippen LogP contribution in [0.25, 0.3) is 0 Å². The van der Waals surface area contributed by atoms with Crippen LogP contribution in [0, 0.1) is 0 Å². The van der Waals surface area contributed by atoms with Crippen molar-refractivity contribution in [2.45, 2.75) is 20.8 Å². The van der Waals surface area contributed by atoms with E-state index < -0.39 is 75.5 Å². The SMILES string of the molecule is CC(=O)Oc1cc(C(=O)Oc2cc(C(=O)O)cc(O)c2O)cc(OC(C)=O)c1OC(C)=O. The van der Waals surface area contributed by atoms with Crippen LogP contribution < -0.4 is 18.9 Å². The summed E-state index contributed by atoms with van der Waals surface area (Å²) in [5.41, 5.74) is -0.900. The maximum absolute atomic E-state index is 12.6. The molecule has 0 radical (unpaired) electrons. The molecule has 0 spiro atoms. The summed E-state index contributed by atoms with van der Waals surface area (Å²) < 4.78 is 19.7. The van der Waals surface area contributed by atoms with Crippen LogP contribution >= 0.6 is 0 Å². The predicted molar refractivity (Wildman–Crippen MR) is 102 cm³/mol. The monoisotopic (exact) mass is 448 g/mol. The molecule has 0 saturated carbocycles. The lowest BCUT2D eigenvalue weighted by molar-refractivity contribution is -0.135. The van der Waals surface area contributed by atoms with Gasteiger partial charge >= 0.3 is 29.8 Å². The first-order chi connectivity index (χ1) is 14.9. The van der Waals surface area contributed by atoms with Crippen LogP contribution in [0.4, 0.5) is 0 Å². The van der Waals surface area contributed by atoms with Gasteiger partial charge in [0.2, 0.25) is 11.5 Å². The summed E-state index contributed by atoms with van der Waals surface area (Å²) >= 11 is 0. The number of carboxylic acids is 1. The van der Waals surface area contributed by atoms with Crippen LogP contribution in [-0.2, 0) is 14.4 Å². The van der Waals surface area contributed by atoms with Gasteiger partial charge in [-0.15, -0.1) is 0 Å². The van der Waals surface area contributed by atoms with Crippen molar-refractivity contribution in [1.82, 2.24) is 0 Å². The second-order valence-electron chi connectivity index (χ2n) is 6.12. The lowest BCUT2D eigenvalue weighted by Gasteiger charge is -2.15. The average Bonchev–Trinajstić information content (AvgIpc) is 2.66. The van der Waals surface area contributed by atoms with Crippen LogP contribution in [0.1, 0.15) is 41.5 Å². The van der Waals surface area contributed by atoms with Crippen molar-refractivity contribution in [2.24, 2.45) is 0 Å². The molecule has 2 rings (SSSR count). The van der Waals surface area contributed by atoms with Gasteiger partial charge in [-0.25, -0.2) is 9.59 Å². The Morgan fingerprint density at radius 2 is 1.12 bits per heavy atom. The van der Waals surface area contributed by atoms with Gasteiger partial charge in [0.1, 0.15) is 0 Å². The summed E-state index contributed by atoms with van der Waals surface area (Å²) in [6, 6.07) is 3.36. The van der Waals surface area contributed by atoms with E-state index in [9.17, 15) is 34.2 Å². The van der Waals surface area contributed by atoms with E-state index >= 15 is 0 Å². The summed E-state index contributed by atoms with van der Waals surface area (Å²) in [6.07, 6.45) is 0. The largest absolute Gasteiger partial charge is 0.504 e. The number of hydrogen-bond donors (Lipinski definition) is 3. The first kappa shape index (κ1) is 23.7. The number of carbonyl (C=O) groups is 5. The molecule has 0 amide bonds. The fourth-order valence-electron chi connectivity index (χ4n) is 2.35. The van der Waals surface area contributed by atoms with Gasteiger partial charge in [-0.1, -0.05) is 0 Å². The molecule has 0 fully saturated rings. The summed E-state index contributed by atoms with van der Waals surface area (Å²) in [5.74, 6) is -9.17. The Morgan fingerprint density at radius 3 is 1.56 bits per heavy atom. The van der Waals surface area contributed by atoms with Gasteiger partial charge < -0.3 is 34.3 Å². The van der Waals surface area contributed by atoms with Crippen molar-refractivity contribution in [3.05, 3.63) is 35.4 Å². The highest BCUT2D eigenvalue weighted by molar-refractivity contribution is 5.95. The number of phenolic OH excluding ortho intramolecular Hbond substituents is 2. The third-order valence-corrected chi connectivity index (χ3v) is 3.51. The van der Waals surface area contributed by atoms with E-state index in [-0.39, 0.29) is 0 Å². The van der Waals surface area contributed by atoms with Crippen molar-refractivity contribution < 1.29 is 58.2 Å². The van der Waals surface area contributed by atoms with Crippen LogP contribution in [0.2, 0.25) is 0 Å². The number of hydrogen-bond acceptors (Lipinski definition) is 11. The third-order valence-electron chi connectivity index (χ3n) is 3.51. The Kier molecular flexibility index (Phi) is 7.00. The molecular formula is C20H16O12. The summed E-state index contributed by atoms with van der Waals surface area (Å²) in [4.78, 5) is 58.0. The van der Waals surface area contributed by atoms with E-state index in [4.69, 9.17) is 24.1 Å². The molecule has 2 aromatic rings. The number of rotatable bonds is 6. The highest BCUT2D eigenvalue weighted by Gasteiger charge is 2.24. The Labute approximate surface area is 179 Å². The fourth-order valence-corrected chi connectivity index (χ4v) is 2.35. The zero-order valence-corrected chi connectivity index (χ0v) is 16.8. The van der Waals surface area contributed by atoms with Gasteiger partial charge in [0.15, 0.2) is 23.0 Å². The van der Waals surface area contributed by atoms with Gasteiger partial charge in [0.05, 0.1) is 11.1 Å². The average molecular weight is 448 g/mol. The topological polar surface area (TPSA) is 183 Å². The number of benzene rings is 2. The van der Waals surface area contributed by atoms with Crippen molar-refractivity contribution in [3.8, 4) is 34.5 Å². The summed E-state index contributed by atoms with van der Waals surface area (Å²) in [6.45, 7) is 3.07. The fraction of sp³-hybridized carbons (Fsp3) is 0.150. The van der Waals surface area contributed by atoms with Gasteiger partial charge in [0.25, 0.3) is 0 Å². The van der Waals surface area contributed by atoms with Gasteiger partial charge in [-0.3, -0.25) is 14.4 Å². The van der Waals surface area contributed by atoms with Crippen molar-refractivity contribution in [2.75, 3.05) is 0 Å². The van der Waals surface area contributed by atoms with Crippen LogP contribution in [0.3, 0.4) is 0 Å². The molecule has 2 aromatic carbocycles. The minimum Gasteiger partial charge on any atom is -0.504 e. The minimum atomic E-state index is -1.47. The number of ether oxygens (including phenoxy) is 4. The second kappa shape index (κ2) is 9.47. The van der Waals surface area contributed by atoms with Crippen LogP contribution in [0.5, 0.6) is 34.5 Å². The van der Waals surface area contributed by atoms with Gasteiger partial charge in [-0.05, 0) is 24.3 Å². The number of aromatic carboxylic acids is 1. The van der Waals surface area contributed by atoms with Gasteiger partial charge in [-0.2, -0.15) is 0 Å².